The molecule has 0 unspecified atom stereocenters. The van der Waals surface area contributed by atoms with Crippen LogP contribution in [0.25, 0.3) is 0 Å². The third kappa shape index (κ3) is 3.25. The number of carbonyl (C=O) groups is 1. The topological polar surface area (TPSA) is 55.8 Å². The molecule has 0 saturated carbocycles. The van der Waals surface area contributed by atoms with E-state index >= 15 is 0 Å². The van der Waals surface area contributed by atoms with Crippen molar-refractivity contribution in [3.05, 3.63) is 60.2 Å². The summed E-state index contributed by atoms with van der Waals surface area (Å²) >= 11 is 0. The number of hydrogen-bond acceptors (Lipinski definition) is 3. The molecule has 98 valence electrons. The highest BCUT2D eigenvalue weighted by molar-refractivity contribution is 5.74. The van der Waals surface area contributed by atoms with Crippen LogP contribution in [0.3, 0.4) is 0 Å². The maximum absolute atomic E-state index is 11.3. The molecule has 0 aromatic heterocycles. The first-order valence-electron chi connectivity index (χ1n) is 5.79. The average molecular weight is 258 g/mol. The fourth-order valence-corrected chi connectivity index (χ4v) is 1.68. The fraction of sp³-hybridized carbons (Fsp3) is 0.133. The molecule has 0 aliphatic carbocycles. The molecule has 0 saturated heterocycles. The molecule has 0 radical (unpaired) electrons. The predicted molar refractivity (Wildman–Crippen MR) is 70.4 cm³/mol. The van der Waals surface area contributed by atoms with Crippen molar-refractivity contribution in [3.63, 3.8) is 0 Å². The lowest BCUT2D eigenvalue weighted by Gasteiger charge is -2.15. The highest BCUT2D eigenvalue weighted by Gasteiger charge is 2.21. The van der Waals surface area contributed by atoms with Crippen LogP contribution in [0.15, 0.2) is 54.6 Å². The summed E-state index contributed by atoms with van der Waals surface area (Å²) in [5.41, 5.74) is 0.603. The van der Waals surface area contributed by atoms with Crippen molar-refractivity contribution >= 4 is 5.97 Å². The van der Waals surface area contributed by atoms with Gasteiger partial charge in [-0.25, -0.2) is 4.79 Å². The minimum atomic E-state index is -1.03. The lowest BCUT2D eigenvalue weighted by molar-refractivity contribution is -0.145. The van der Waals surface area contributed by atoms with Gasteiger partial charge in [0.2, 0.25) is 6.10 Å². The van der Waals surface area contributed by atoms with Gasteiger partial charge in [-0.15, -0.1) is 0 Å². The van der Waals surface area contributed by atoms with E-state index in [0.29, 0.717) is 17.1 Å². The van der Waals surface area contributed by atoms with E-state index in [2.05, 4.69) is 0 Å². The van der Waals surface area contributed by atoms with E-state index in [1.54, 1.807) is 55.6 Å². The van der Waals surface area contributed by atoms with Gasteiger partial charge in [-0.05, 0) is 24.3 Å². The second-order valence-corrected chi connectivity index (χ2v) is 3.92. The number of carboxylic acids is 1. The quantitative estimate of drug-likeness (QED) is 0.895. The molecule has 0 amide bonds. The van der Waals surface area contributed by atoms with Crippen LogP contribution >= 0.6 is 0 Å². The predicted octanol–water partition coefficient (Wildman–Crippen LogP) is 2.90. The molecule has 1 atom stereocenters. The Bertz CT molecular complexity index is 534. The standard InChI is InChI=1S/C15H14O4/c1-18-12-7-9-13(10-8-12)19-14(15(16)17)11-5-3-2-4-6-11/h2-10,14H,1H3,(H,16,17)/t14-/m0/s1. The molecular formula is C15H14O4. The Hall–Kier alpha value is -2.49. The highest BCUT2D eigenvalue weighted by atomic mass is 16.5. The van der Waals surface area contributed by atoms with E-state index in [1.807, 2.05) is 6.07 Å². The summed E-state index contributed by atoms with van der Waals surface area (Å²) in [5.74, 6) is 0.151. The first-order valence-corrected chi connectivity index (χ1v) is 5.79. The van der Waals surface area contributed by atoms with E-state index in [9.17, 15) is 9.90 Å². The molecule has 2 rings (SSSR count). The first-order chi connectivity index (χ1) is 9.20. The van der Waals surface area contributed by atoms with Gasteiger partial charge in [-0.1, -0.05) is 30.3 Å². The van der Waals surface area contributed by atoms with E-state index in [-0.39, 0.29) is 0 Å². The maximum Gasteiger partial charge on any atom is 0.349 e. The fourth-order valence-electron chi connectivity index (χ4n) is 1.68. The third-order valence-electron chi connectivity index (χ3n) is 2.64. The van der Waals surface area contributed by atoms with Gasteiger partial charge in [-0.3, -0.25) is 0 Å². The average Bonchev–Trinajstić information content (AvgIpc) is 2.46. The van der Waals surface area contributed by atoms with E-state index in [0.717, 1.165) is 0 Å². The molecule has 1 N–H and O–H groups in total. The molecule has 2 aromatic carbocycles. The summed E-state index contributed by atoms with van der Waals surface area (Å²) in [7, 11) is 1.57. The SMILES string of the molecule is COc1ccc(O[C@H](C(=O)O)c2ccccc2)cc1. The smallest absolute Gasteiger partial charge is 0.349 e. The zero-order chi connectivity index (χ0) is 13.7. The maximum atomic E-state index is 11.3. The van der Waals surface area contributed by atoms with Crippen molar-refractivity contribution in [2.24, 2.45) is 0 Å². The Morgan fingerprint density at radius 3 is 2.11 bits per heavy atom. The van der Waals surface area contributed by atoms with Crippen LogP contribution in [0.2, 0.25) is 0 Å². The summed E-state index contributed by atoms with van der Waals surface area (Å²) in [6.45, 7) is 0. The molecule has 19 heavy (non-hydrogen) atoms. The Kier molecular flexibility index (Phi) is 4.03. The van der Waals surface area contributed by atoms with Gasteiger partial charge in [0.25, 0.3) is 0 Å². The Labute approximate surface area is 111 Å². The second kappa shape index (κ2) is 5.91. The van der Waals surface area contributed by atoms with Crippen LogP contribution in [0.5, 0.6) is 11.5 Å². The van der Waals surface area contributed by atoms with Crippen LogP contribution in [0.1, 0.15) is 11.7 Å². The van der Waals surface area contributed by atoms with Crippen molar-refractivity contribution in [3.8, 4) is 11.5 Å². The molecule has 0 fully saturated rings. The summed E-state index contributed by atoms with van der Waals surface area (Å²) in [4.78, 5) is 11.3. The van der Waals surface area contributed by atoms with E-state index in [1.165, 1.54) is 0 Å². The number of methoxy groups -OCH3 is 1. The normalized spacial score (nSPS) is 11.6. The van der Waals surface area contributed by atoms with Gasteiger partial charge in [-0.2, -0.15) is 0 Å². The number of aliphatic carboxylic acids is 1. The molecule has 2 aromatic rings. The minimum Gasteiger partial charge on any atom is -0.497 e. The molecule has 4 heteroatoms. The monoisotopic (exact) mass is 258 g/mol. The van der Waals surface area contributed by atoms with Crippen molar-refractivity contribution in [2.75, 3.05) is 7.11 Å². The van der Waals surface area contributed by atoms with Crippen molar-refractivity contribution in [2.45, 2.75) is 6.10 Å². The van der Waals surface area contributed by atoms with Crippen LogP contribution in [0, 0.1) is 0 Å². The van der Waals surface area contributed by atoms with Crippen molar-refractivity contribution in [1.82, 2.24) is 0 Å². The molecule has 0 bridgehead atoms. The van der Waals surface area contributed by atoms with Crippen LogP contribution in [0.4, 0.5) is 0 Å². The van der Waals surface area contributed by atoms with E-state index in [4.69, 9.17) is 9.47 Å². The minimum absolute atomic E-state index is 0.483. The van der Waals surface area contributed by atoms with Gasteiger partial charge < -0.3 is 14.6 Å². The summed E-state index contributed by atoms with van der Waals surface area (Å²) < 4.78 is 10.5. The number of benzene rings is 2. The highest BCUT2D eigenvalue weighted by Crippen LogP contribution is 2.24. The molecule has 0 spiro atoms. The number of carboxylic acid groups (broad SMARTS) is 1. The Morgan fingerprint density at radius 2 is 1.58 bits per heavy atom. The molecular weight excluding hydrogens is 244 g/mol. The van der Waals surface area contributed by atoms with Crippen molar-refractivity contribution < 1.29 is 19.4 Å². The molecule has 0 aliphatic heterocycles. The van der Waals surface area contributed by atoms with Gasteiger partial charge in [0.15, 0.2) is 0 Å². The van der Waals surface area contributed by atoms with Crippen LogP contribution in [-0.2, 0) is 4.79 Å². The molecule has 4 nitrogen and oxygen atoms in total. The van der Waals surface area contributed by atoms with Gasteiger partial charge >= 0.3 is 5.97 Å². The lowest BCUT2D eigenvalue weighted by atomic mass is 10.1. The second-order valence-electron chi connectivity index (χ2n) is 3.92. The molecule has 0 aliphatic rings. The van der Waals surface area contributed by atoms with Gasteiger partial charge in [0.05, 0.1) is 7.11 Å². The first kappa shape index (κ1) is 13.0. The summed E-state index contributed by atoms with van der Waals surface area (Å²) in [5, 5.41) is 9.24. The van der Waals surface area contributed by atoms with Crippen LogP contribution in [-0.4, -0.2) is 18.2 Å². The summed E-state index contributed by atoms with van der Waals surface area (Å²) in [6, 6.07) is 15.6. The third-order valence-corrected chi connectivity index (χ3v) is 2.64. The zero-order valence-corrected chi connectivity index (χ0v) is 10.4. The number of hydrogen-bond donors (Lipinski definition) is 1. The molecule has 0 heterocycles. The van der Waals surface area contributed by atoms with Gasteiger partial charge in [0.1, 0.15) is 11.5 Å². The Balaban J connectivity index is 2.19. The van der Waals surface area contributed by atoms with E-state index < -0.39 is 12.1 Å². The largest absolute Gasteiger partial charge is 0.497 e. The summed E-state index contributed by atoms with van der Waals surface area (Å²) in [6.07, 6.45) is -1.02. The Morgan fingerprint density at radius 1 is 1.00 bits per heavy atom. The number of ether oxygens (including phenoxy) is 2. The number of rotatable bonds is 5. The lowest BCUT2D eigenvalue weighted by Crippen LogP contribution is -2.18. The van der Waals surface area contributed by atoms with Crippen molar-refractivity contribution in [1.29, 1.82) is 0 Å². The zero-order valence-electron chi connectivity index (χ0n) is 10.4. The van der Waals surface area contributed by atoms with Crippen LogP contribution < -0.4 is 9.47 Å². The van der Waals surface area contributed by atoms with Gasteiger partial charge in [0, 0.05) is 5.56 Å².